The molecule has 1 unspecified atom stereocenters. The fourth-order valence-corrected chi connectivity index (χ4v) is 4.04. The molecule has 2 saturated heterocycles. The SMILES string of the molecule is C[N@+]1([C@]2(O)O[C@H](C(=O)O)[C@@H](O)[C@H](O)[C@H]2O)CCCC1c1cccnc1. The van der Waals surface area contributed by atoms with E-state index in [1.807, 2.05) is 6.07 Å². The van der Waals surface area contributed by atoms with Crippen molar-refractivity contribution in [2.75, 3.05) is 13.6 Å². The second-order valence-corrected chi connectivity index (χ2v) is 6.90. The number of aliphatic carboxylic acids is 1. The van der Waals surface area contributed by atoms with Gasteiger partial charge in [-0.05, 0) is 6.07 Å². The molecule has 138 valence electrons. The number of carboxylic acid groups (broad SMARTS) is 1. The van der Waals surface area contributed by atoms with Crippen LogP contribution in [0.1, 0.15) is 24.4 Å². The molecule has 5 N–H and O–H groups in total. The van der Waals surface area contributed by atoms with Crippen molar-refractivity contribution >= 4 is 5.97 Å². The summed E-state index contributed by atoms with van der Waals surface area (Å²) >= 11 is 0. The Morgan fingerprint density at radius 2 is 2.08 bits per heavy atom. The van der Waals surface area contributed by atoms with Crippen LogP contribution in [0.5, 0.6) is 0 Å². The first kappa shape index (κ1) is 18.2. The standard InChI is InChI=1S/C16H22N2O7/c1-18(7-3-5-10(18)9-4-2-6-17-8-9)16(24)14(21)12(20)11(19)13(25-16)15(22)23/h2,4,6,8,10-14,19-21,24H,3,5,7H2,1H3/p+1/t10?,11-,12-,13-,14+,16+,18-/m0/s1. The van der Waals surface area contributed by atoms with Crippen molar-refractivity contribution in [1.29, 1.82) is 0 Å². The van der Waals surface area contributed by atoms with Crippen LogP contribution in [0.25, 0.3) is 0 Å². The Bertz CT molecular complexity index is 645. The van der Waals surface area contributed by atoms with Gasteiger partial charge in [0.25, 0.3) is 0 Å². The van der Waals surface area contributed by atoms with Gasteiger partial charge in [0.15, 0.2) is 12.2 Å². The summed E-state index contributed by atoms with van der Waals surface area (Å²) in [5, 5.41) is 50.9. The molecule has 3 rings (SSSR count). The summed E-state index contributed by atoms with van der Waals surface area (Å²) in [7, 11) is 1.64. The number of carbonyl (C=O) groups is 1. The van der Waals surface area contributed by atoms with E-state index in [1.54, 1.807) is 25.5 Å². The summed E-state index contributed by atoms with van der Waals surface area (Å²) in [5.41, 5.74) is 0.805. The van der Waals surface area contributed by atoms with E-state index in [0.717, 1.165) is 5.56 Å². The van der Waals surface area contributed by atoms with Crippen molar-refractivity contribution < 1.29 is 39.5 Å². The lowest BCUT2D eigenvalue weighted by molar-refractivity contribution is -1.03. The molecule has 1 aromatic rings. The van der Waals surface area contributed by atoms with Crippen LogP contribution >= 0.6 is 0 Å². The Hall–Kier alpha value is -1.62. The van der Waals surface area contributed by atoms with E-state index >= 15 is 0 Å². The van der Waals surface area contributed by atoms with Crippen LogP contribution in [0.15, 0.2) is 24.5 Å². The van der Waals surface area contributed by atoms with Crippen LogP contribution in [-0.4, -0.2) is 84.9 Å². The van der Waals surface area contributed by atoms with Crippen LogP contribution in [0.4, 0.5) is 0 Å². The fraction of sp³-hybridized carbons (Fsp3) is 0.625. The quantitative estimate of drug-likeness (QED) is 0.416. The Balaban J connectivity index is 2.03. The van der Waals surface area contributed by atoms with Crippen molar-refractivity contribution in [3.63, 3.8) is 0 Å². The number of ether oxygens (including phenoxy) is 1. The minimum absolute atomic E-state index is 0.243. The smallest absolute Gasteiger partial charge is 0.347 e. The summed E-state index contributed by atoms with van der Waals surface area (Å²) < 4.78 is 5.07. The molecular formula is C16H23N2O7+. The molecule has 0 aliphatic carbocycles. The molecule has 0 saturated carbocycles. The molecule has 3 heterocycles. The minimum Gasteiger partial charge on any atom is -0.479 e. The molecule has 7 atom stereocenters. The molecule has 9 nitrogen and oxygen atoms in total. The zero-order valence-corrected chi connectivity index (χ0v) is 13.8. The monoisotopic (exact) mass is 355 g/mol. The highest BCUT2D eigenvalue weighted by Crippen LogP contribution is 2.47. The van der Waals surface area contributed by atoms with E-state index in [4.69, 9.17) is 4.74 Å². The van der Waals surface area contributed by atoms with Crippen molar-refractivity contribution in [2.45, 2.75) is 49.2 Å². The van der Waals surface area contributed by atoms with Gasteiger partial charge in [0.2, 0.25) is 0 Å². The number of pyridine rings is 1. The summed E-state index contributed by atoms with van der Waals surface area (Å²) in [4.78, 5) is 15.4. The third-order valence-corrected chi connectivity index (χ3v) is 5.50. The molecule has 0 aromatic carbocycles. The first-order valence-corrected chi connectivity index (χ1v) is 8.15. The van der Waals surface area contributed by atoms with Crippen LogP contribution in [0.2, 0.25) is 0 Å². The molecule has 1 aromatic heterocycles. The van der Waals surface area contributed by atoms with Gasteiger partial charge in [-0.2, -0.15) is 0 Å². The lowest BCUT2D eigenvalue weighted by atomic mass is 9.93. The first-order chi connectivity index (χ1) is 11.7. The maximum absolute atomic E-state index is 11.4. The Morgan fingerprint density at radius 3 is 2.68 bits per heavy atom. The maximum atomic E-state index is 11.4. The number of aliphatic hydroxyl groups is 4. The largest absolute Gasteiger partial charge is 0.479 e. The number of carboxylic acids is 1. The number of nitrogens with zero attached hydrogens (tertiary/aromatic N) is 2. The van der Waals surface area contributed by atoms with Crippen LogP contribution in [0.3, 0.4) is 0 Å². The van der Waals surface area contributed by atoms with Gasteiger partial charge < -0.3 is 25.5 Å². The number of likely N-dealkylation sites (N-methyl/N-ethyl adjacent to an activating group) is 1. The first-order valence-electron chi connectivity index (χ1n) is 8.15. The van der Waals surface area contributed by atoms with Gasteiger partial charge in [-0.1, -0.05) is 6.07 Å². The van der Waals surface area contributed by atoms with Gasteiger partial charge in [-0.3, -0.25) is 14.2 Å². The van der Waals surface area contributed by atoms with Crippen LogP contribution in [0, 0.1) is 0 Å². The van der Waals surface area contributed by atoms with Gasteiger partial charge in [0.05, 0.1) is 13.6 Å². The number of likely N-dealkylation sites (tertiary alicyclic amines) is 1. The summed E-state index contributed by atoms with van der Waals surface area (Å²) in [6.07, 6.45) is -2.81. The predicted molar refractivity (Wildman–Crippen MR) is 82.7 cm³/mol. The number of hydrogen-bond acceptors (Lipinski definition) is 7. The average molecular weight is 355 g/mol. The van der Waals surface area contributed by atoms with Gasteiger partial charge in [0.1, 0.15) is 18.2 Å². The summed E-state index contributed by atoms with van der Waals surface area (Å²) in [6, 6.07) is 3.27. The summed E-state index contributed by atoms with van der Waals surface area (Å²) in [6.45, 7) is 0.391. The van der Waals surface area contributed by atoms with E-state index in [1.165, 1.54) is 0 Å². The van der Waals surface area contributed by atoms with Gasteiger partial charge in [0, 0.05) is 30.8 Å². The lowest BCUT2D eigenvalue weighted by Gasteiger charge is -2.53. The molecular weight excluding hydrogens is 332 g/mol. The highest BCUT2D eigenvalue weighted by atomic mass is 16.7. The second-order valence-electron chi connectivity index (χ2n) is 6.90. The number of hydrogen-bond donors (Lipinski definition) is 5. The molecule has 0 bridgehead atoms. The predicted octanol–water partition coefficient (Wildman–Crippen LogP) is -1.42. The topological polar surface area (TPSA) is 140 Å². The van der Waals surface area contributed by atoms with E-state index in [-0.39, 0.29) is 10.5 Å². The van der Waals surface area contributed by atoms with Crippen molar-refractivity contribution in [3.05, 3.63) is 30.1 Å². The molecule has 2 fully saturated rings. The highest BCUT2D eigenvalue weighted by molar-refractivity contribution is 5.73. The zero-order valence-electron chi connectivity index (χ0n) is 13.8. The van der Waals surface area contributed by atoms with E-state index in [2.05, 4.69) is 4.98 Å². The molecule has 0 amide bonds. The van der Waals surface area contributed by atoms with Crippen molar-refractivity contribution in [2.24, 2.45) is 0 Å². The van der Waals surface area contributed by atoms with E-state index in [0.29, 0.717) is 19.4 Å². The lowest BCUT2D eigenvalue weighted by Crippen LogP contribution is -2.77. The maximum Gasteiger partial charge on any atom is 0.347 e. The Kier molecular flexibility index (Phi) is 4.56. The third kappa shape index (κ3) is 2.64. The number of rotatable bonds is 3. The molecule has 2 aliphatic rings. The van der Waals surface area contributed by atoms with Crippen molar-refractivity contribution in [3.8, 4) is 0 Å². The van der Waals surface area contributed by atoms with Gasteiger partial charge in [-0.15, -0.1) is 0 Å². The van der Waals surface area contributed by atoms with Gasteiger partial charge in [-0.25, -0.2) is 4.79 Å². The number of aromatic nitrogens is 1. The highest BCUT2D eigenvalue weighted by Gasteiger charge is 2.67. The van der Waals surface area contributed by atoms with E-state index in [9.17, 15) is 30.3 Å². The zero-order chi connectivity index (χ0) is 18.4. The molecule has 9 heteroatoms. The van der Waals surface area contributed by atoms with Crippen LogP contribution in [-0.2, 0) is 9.53 Å². The normalized spacial score (nSPS) is 44.6. The molecule has 2 aliphatic heterocycles. The second kappa shape index (κ2) is 6.27. The number of aliphatic hydroxyl groups excluding tert-OH is 3. The summed E-state index contributed by atoms with van der Waals surface area (Å²) in [5.74, 6) is -3.92. The van der Waals surface area contributed by atoms with Gasteiger partial charge >= 0.3 is 11.9 Å². The van der Waals surface area contributed by atoms with E-state index < -0.39 is 36.3 Å². The molecule has 0 radical (unpaired) electrons. The number of quaternary nitrogens is 1. The molecule has 0 spiro atoms. The molecule has 25 heavy (non-hydrogen) atoms. The third-order valence-electron chi connectivity index (χ3n) is 5.50. The fourth-order valence-electron chi connectivity index (χ4n) is 4.04. The Morgan fingerprint density at radius 1 is 1.36 bits per heavy atom. The Labute approximate surface area is 144 Å². The average Bonchev–Trinajstić information content (AvgIpc) is 3.00. The van der Waals surface area contributed by atoms with Crippen molar-refractivity contribution in [1.82, 2.24) is 4.98 Å². The van der Waals surface area contributed by atoms with Crippen LogP contribution < -0.4 is 0 Å². The minimum atomic E-state index is -2.39.